The standard InChI is InChI=1S/C15H20BrClN2O2/c1-15(2,3)21-14(20)19-8-4-5-10(9-19)13-11(17)6-7-12(16)18-13/h6-7,10H,4-5,8-9H2,1-3H3. The van der Waals surface area contributed by atoms with Crippen molar-refractivity contribution in [3.05, 3.63) is 27.5 Å². The highest BCUT2D eigenvalue weighted by atomic mass is 79.9. The Hall–Kier alpha value is -0.810. The van der Waals surface area contributed by atoms with Gasteiger partial charge in [-0.15, -0.1) is 0 Å². The molecule has 1 saturated heterocycles. The molecule has 1 aliphatic heterocycles. The SMILES string of the molecule is CC(C)(C)OC(=O)N1CCCC(c2nc(Br)ccc2Cl)C1. The molecule has 0 bridgehead atoms. The van der Waals surface area contributed by atoms with Crippen molar-refractivity contribution in [2.45, 2.75) is 45.1 Å². The number of halogens is 2. The van der Waals surface area contributed by atoms with Crippen LogP contribution in [0.1, 0.15) is 45.2 Å². The van der Waals surface area contributed by atoms with Crippen LogP contribution < -0.4 is 0 Å². The zero-order chi connectivity index (χ0) is 15.6. The van der Waals surface area contributed by atoms with Crippen LogP contribution in [0, 0.1) is 0 Å². The number of rotatable bonds is 1. The molecule has 4 nitrogen and oxygen atoms in total. The lowest BCUT2D eigenvalue weighted by Crippen LogP contribution is -2.42. The summed E-state index contributed by atoms with van der Waals surface area (Å²) in [7, 11) is 0. The molecule has 116 valence electrons. The van der Waals surface area contributed by atoms with Gasteiger partial charge in [-0.1, -0.05) is 11.6 Å². The predicted octanol–water partition coefficient (Wildman–Crippen LogP) is 4.61. The molecule has 0 saturated carbocycles. The van der Waals surface area contributed by atoms with E-state index in [9.17, 15) is 4.79 Å². The molecule has 1 unspecified atom stereocenters. The quantitative estimate of drug-likeness (QED) is 0.673. The smallest absolute Gasteiger partial charge is 0.410 e. The van der Waals surface area contributed by atoms with Gasteiger partial charge in [0.2, 0.25) is 0 Å². The van der Waals surface area contributed by atoms with Crippen LogP contribution in [0.4, 0.5) is 4.79 Å². The Kier molecular flexibility index (Phi) is 5.15. The summed E-state index contributed by atoms with van der Waals surface area (Å²) < 4.78 is 6.20. The van der Waals surface area contributed by atoms with Gasteiger partial charge in [-0.2, -0.15) is 0 Å². The van der Waals surface area contributed by atoms with Crippen molar-refractivity contribution in [3.63, 3.8) is 0 Å². The third kappa shape index (κ3) is 4.58. The molecular formula is C15H20BrClN2O2. The van der Waals surface area contributed by atoms with Crippen LogP contribution in [0.3, 0.4) is 0 Å². The second kappa shape index (κ2) is 6.53. The van der Waals surface area contributed by atoms with Crippen molar-refractivity contribution < 1.29 is 9.53 Å². The van der Waals surface area contributed by atoms with E-state index < -0.39 is 5.60 Å². The zero-order valence-electron chi connectivity index (χ0n) is 12.5. The summed E-state index contributed by atoms with van der Waals surface area (Å²) >= 11 is 9.62. The van der Waals surface area contributed by atoms with E-state index in [0.29, 0.717) is 11.6 Å². The van der Waals surface area contributed by atoms with E-state index in [1.54, 1.807) is 4.90 Å². The molecular weight excluding hydrogens is 356 g/mol. The second-order valence-electron chi connectivity index (χ2n) is 6.27. The molecule has 0 N–H and O–H groups in total. The first-order valence-electron chi connectivity index (χ1n) is 7.06. The zero-order valence-corrected chi connectivity index (χ0v) is 14.9. The van der Waals surface area contributed by atoms with Crippen LogP contribution in [0.5, 0.6) is 0 Å². The van der Waals surface area contributed by atoms with E-state index in [2.05, 4.69) is 20.9 Å². The lowest BCUT2D eigenvalue weighted by molar-refractivity contribution is 0.0197. The number of amides is 1. The Morgan fingerprint density at radius 3 is 2.86 bits per heavy atom. The first-order chi connectivity index (χ1) is 9.76. The number of pyridine rings is 1. The van der Waals surface area contributed by atoms with Gasteiger partial charge >= 0.3 is 6.09 Å². The third-order valence-corrected chi connectivity index (χ3v) is 4.06. The fourth-order valence-electron chi connectivity index (χ4n) is 2.41. The number of piperidine rings is 1. The molecule has 0 spiro atoms. The van der Waals surface area contributed by atoms with Crippen molar-refractivity contribution >= 4 is 33.6 Å². The molecule has 0 aromatic carbocycles. The minimum absolute atomic E-state index is 0.149. The van der Waals surface area contributed by atoms with E-state index in [-0.39, 0.29) is 12.0 Å². The molecule has 1 atom stereocenters. The van der Waals surface area contributed by atoms with E-state index in [4.69, 9.17) is 16.3 Å². The summed E-state index contributed by atoms with van der Waals surface area (Å²) in [6, 6.07) is 3.65. The van der Waals surface area contributed by atoms with Crippen molar-refractivity contribution in [1.29, 1.82) is 0 Å². The van der Waals surface area contributed by atoms with E-state index in [0.717, 1.165) is 29.7 Å². The number of carbonyl (C=O) groups excluding carboxylic acids is 1. The van der Waals surface area contributed by atoms with Gasteiger partial charge in [-0.05, 0) is 61.7 Å². The molecule has 0 aliphatic carbocycles. The largest absolute Gasteiger partial charge is 0.444 e. The van der Waals surface area contributed by atoms with Gasteiger partial charge < -0.3 is 9.64 Å². The number of nitrogens with zero attached hydrogens (tertiary/aromatic N) is 2. The van der Waals surface area contributed by atoms with Gasteiger partial charge in [-0.3, -0.25) is 0 Å². The van der Waals surface area contributed by atoms with Crippen LogP contribution in [0.15, 0.2) is 16.7 Å². The Balaban J connectivity index is 2.10. The van der Waals surface area contributed by atoms with Crippen LogP contribution in [0.25, 0.3) is 0 Å². The molecule has 0 radical (unpaired) electrons. The Bertz CT molecular complexity index is 531. The lowest BCUT2D eigenvalue weighted by atomic mass is 9.94. The number of likely N-dealkylation sites (tertiary alicyclic amines) is 1. The lowest BCUT2D eigenvalue weighted by Gasteiger charge is -2.34. The maximum Gasteiger partial charge on any atom is 0.410 e. The molecule has 2 heterocycles. The average Bonchev–Trinajstić information content (AvgIpc) is 2.40. The topological polar surface area (TPSA) is 42.4 Å². The van der Waals surface area contributed by atoms with Crippen molar-refractivity contribution in [2.75, 3.05) is 13.1 Å². The summed E-state index contributed by atoms with van der Waals surface area (Å²) in [6.07, 6.45) is 1.63. The van der Waals surface area contributed by atoms with Crippen molar-refractivity contribution in [2.24, 2.45) is 0 Å². The van der Waals surface area contributed by atoms with Gasteiger partial charge in [0.05, 0.1) is 10.7 Å². The van der Waals surface area contributed by atoms with Gasteiger partial charge in [-0.25, -0.2) is 9.78 Å². The molecule has 2 rings (SSSR count). The van der Waals surface area contributed by atoms with E-state index in [1.165, 1.54) is 0 Å². The number of ether oxygens (including phenoxy) is 1. The molecule has 1 aromatic heterocycles. The van der Waals surface area contributed by atoms with Gasteiger partial charge in [0.15, 0.2) is 0 Å². The summed E-state index contributed by atoms with van der Waals surface area (Å²) in [5.74, 6) is 0.149. The minimum atomic E-state index is -0.476. The first-order valence-corrected chi connectivity index (χ1v) is 8.23. The molecule has 1 aliphatic rings. The van der Waals surface area contributed by atoms with E-state index >= 15 is 0 Å². The highest BCUT2D eigenvalue weighted by molar-refractivity contribution is 9.10. The number of hydrogen-bond acceptors (Lipinski definition) is 3. The monoisotopic (exact) mass is 374 g/mol. The summed E-state index contributed by atoms with van der Waals surface area (Å²) in [5, 5.41) is 0.647. The number of hydrogen-bond donors (Lipinski definition) is 0. The summed E-state index contributed by atoms with van der Waals surface area (Å²) in [5.41, 5.74) is 0.370. The molecule has 6 heteroatoms. The molecule has 1 aromatic rings. The normalized spacial score (nSPS) is 19.5. The Labute approximate surface area is 139 Å². The summed E-state index contributed by atoms with van der Waals surface area (Å²) in [4.78, 5) is 18.4. The maximum absolute atomic E-state index is 12.2. The molecule has 1 fully saturated rings. The first kappa shape index (κ1) is 16.6. The highest BCUT2D eigenvalue weighted by Gasteiger charge is 2.29. The minimum Gasteiger partial charge on any atom is -0.444 e. The average molecular weight is 376 g/mol. The highest BCUT2D eigenvalue weighted by Crippen LogP contribution is 2.32. The molecule has 1 amide bonds. The van der Waals surface area contributed by atoms with Crippen LogP contribution in [-0.4, -0.2) is 34.7 Å². The fraction of sp³-hybridized carbons (Fsp3) is 0.600. The Morgan fingerprint density at radius 2 is 2.19 bits per heavy atom. The predicted molar refractivity (Wildman–Crippen MR) is 86.7 cm³/mol. The second-order valence-corrected chi connectivity index (χ2v) is 7.49. The van der Waals surface area contributed by atoms with Crippen LogP contribution >= 0.6 is 27.5 Å². The van der Waals surface area contributed by atoms with Crippen molar-refractivity contribution in [3.8, 4) is 0 Å². The Morgan fingerprint density at radius 1 is 1.48 bits per heavy atom. The maximum atomic E-state index is 12.2. The van der Waals surface area contributed by atoms with Gasteiger partial charge in [0, 0.05) is 19.0 Å². The van der Waals surface area contributed by atoms with Gasteiger partial charge in [0.25, 0.3) is 0 Å². The van der Waals surface area contributed by atoms with Crippen molar-refractivity contribution in [1.82, 2.24) is 9.88 Å². The molecule has 21 heavy (non-hydrogen) atoms. The van der Waals surface area contributed by atoms with Gasteiger partial charge in [0.1, 0.15) is 10.2 Å². The number of carbonyl (C=O) groups is 1. The fourth-order valence-corrected chi connectivity index (χ4v) is 2.99. The number of aromatic nitrogens is 1. The van der Waals surface area contributed by atoms with E-state index in [1.807, 2.05) is 32.9 Å². The summed E-state index contributed by atoms with van der Waals surface area (Å²) in [6.45, 7) is 6.94. The third-order valence-electron chi connectivity index (χ3n) is 3.30. The van der Waals surface area contributed by atoms with Crippen LogP contribution in [-0.2, 0) is 4.74 Å². The van der Waals surface area contributed by atoms with Crippen LogP contribution in [0.2, 0.25) is 5.02 Å².